The van der Waals surface area contributed by atoms with Gasteiger partial charge in [0.25, 0.3) is 0 Å². The molecule has 6 rings (SSSR count). The van der Waals surface area contributed by atoms with Gasteiger partial charge in [-0.1, -0.05) is 143 Å². The van der Waals surface area contributed by atoms with Crippen LogP contribution in [0.2, 0.25) is 13.6 Å². The molecule has 0 saturated heterocycles. The minimum absolute atomic E-state index is 0.605. The molecule has 7 heteroatoms. The molecule has 0 aliphatic heterocycles. The van der Waals surface area contributed by atoms with Crippen molar-refractivity contribution in [1.82, 2.24) is 19.9 Å². The molecule has 0 aliphatic carbocycles. The quantitative estimate of drug-likeness (QED) is 0.0821. The van der Waals surface area contributed by atoms with Gasteiger partial charge in [0.15, 0.2) is 17.5 Å². The smallest absolute Gasteiger partial charge is 0.164 e. The maximum Gasteiger partial charge on any atom is 0.164 e. The van der Waals surface area contributed by atoms with Crippen molar-refractivity contribution in [3.8, 4) is 34.2 Å². The normalized spacial score (nSPS) is 12.8. The van der Waals surface area contributed by atoms with Gasteiger partial charge in [0.05, 0.1) is 10.2 Å². The number of hydrogen-bond donors (Lipinski definition) is 0. The molecule has 0 saturated carbocycles. The molecule has 0 aliphatic rings. The fraction of sp³-hybridized carbons (Fsp3) is 0.0800. The Morgan fingerprint density at radius 3 is 1.81 bits per heavy atom. The van der Waals surface area contributed by atoms with E-state index in [4.69, 9.17) is 19.9 Å². The summed E-state index contributed by atoms with van der Waals surface area (Å²) >= 11 is 1.63. The van der Waals surface area contributed by atoms with Crippen molar-refractivity contribution in [3.05, 3.63) is 184 Å². The Labute approximate surface area is 342 Å². The van der Waals surface area contributed by atoms with Gasteiger partial charge < -0.3 is 0 Å². The summed E-state index contributed by atoms with van der Waals surface area (Å²) in [7, 11) is 4.04. The predicted octanol–water partition coefficient (Wildman–Crippen LogP) is 11.6. The van der Waals surface area contributed by atoms with E-state index in [1.165, 1.54) is 0 Å². The minimum atomic E-state index is 0.605. The first kappa shape index (κ1) is 40.2. The molecule has 2 heterocycles. The third-order valence-corrected chi connectivity index (χ3v) is 10.5. The van der Waals surface area contributed by atoms with Crippen molar-refractivity contribution in [2.75, 3.05) is 0 Å². The molecule has 276 valence electrons. The summed E-state index contributed by atoms with van der Waals surface area (Å²) in [5, 5.41) is 2.80. The largest absolute Gasteiger partial charge is 0.236 e. The van der Waals surface area contributed by atoms with Gasteiger partial charge in [-0.25, -0.2) is 19.9 Å². The third-order valence-electron chi connectivity index (χ3n) is 9.46. The topological polar surface area (TPSA) is 51.6 Å². The Balaban J connectivity index is 1.43. The van der Waals surface area contributed by atoms with E-state index in [1.54, 1.807) is 17.4 Å². The molecule has 0 unspecified atom stereocenters. The van der Waals surface area contributed by atoms with Gasteiger partial charge in [-0.2, -0.15) is 0 Å². The van der Waals surface area contributed by atoms with E-state index in [2.05, 4.69) is 76.6 Å². The van der Waals surface area contributed by atoms with Gasteiger partial charge in [-0.05, 0) is 88.0 Å². The van der Waals surface area contributed by atoms with Crippen molar-refractivity contribution in [1.29, 1.82) is 0 Å². The van der Waals surface area contributed by atoms with Crippen LogP contribution >= 0.6 is 11.3 Å². The lowest BCUT2D eigenvalue weighted by atomic mass is 9.79. The third kappa shape index (κ3) is 9.01. The summed E-state index contributed by atoms with van der Waals surface area (Å²) in [5.41, 5.74) is 10.8. The molecule has 2 aromatic heterocycles. The molecule has 6 aromatic rings. The van der Waals surface area contributed by atoms with Gasteiger partial charge in [0, 0.05) is 22.3 Å². The van der Waals surface area contributed by atoms with E-state index in [-0.39, 0.29) is 0 Å². The van der Waals surface area contributed by atoms with E-state index < -0.39 is 0 Å². The van der Waals surface area contributed by atoms with E-state index in [1.807, 2.05) is 131 Å². The zero-order valence-corrected chi connectivity index (χ0v) is 33.9. The van der Waals surface area contributed by atoms with Crippen molar-refractivity contribution < 1.29 is 0 Å². The Morgan fingerprint density at radius 2 is 1.26 bits per heavy atom. The first-order chi connectivity index (χ1) is 27.8. The molecular formula is C50H44B2N4S. The fourth-order valence-electron chi connectivity index (χ4n) is 6.59. The first-order valence-corrected chi connectivity index (χ1v) is 19.7. The highest BCUT2D eigenvalue weighted by atomic mass is 32.1. The summed E-state index contributed by atoms with van der Waals surface area (Å²) in [6.07, 6.45) is 18.3. The van der Waals surface area contributed by atoms with Crippen molar-refractivity contribution in [2.24, 2.45) is 0 Å². The maximum absolute atomic E-state index is 5.08. The zero-order valence-electron chi connectivity index (χ0n) is 33.0. The second-order valence-electron chi connectivity index (χ2n) is 13.2. The van der Waals surface area contributed by atoms with Crippen LogP contribution in [0.1, 0.15) is 41.1 Å². The monoisotopic (exact) mass is 754 g/mol. The molecule has 4 nitrogen and oxygen atoms in total. The van der Waals surface area contributed by atoms with Crippen LogP contribution < -0.4 is 10.4 Å². The zero-order chi connectivity index (χ0) is 40.3. The average Bonchev–Trinajstić information content (AvgIpc) is 3.68. The Kier molecular flexibility index (Phi) is 13.4. The molecule has 0 fully saturated rings. The molecule has 0 atom stereocenters. The summed E-state index contributed by atoms with van der Waals surface area (Å²) in [5.74, 6) is 5.94. The fourth-order valence-corrected chi connectivity index (χ4v) is 7.60. The van der Waals surface area contributed by atoms with Crippen LogP contribution in [0.4, 0.5) is 0 Å². The van der Waals surface area contributed by atoms with Crippen LogP contribution in [0.15, 0.2) is 146 Å². The second-order valence-corrected chi connectivity index (χ2v) is 14.2. The second kappa shape index (κ2) is 18.9. The molecule has 4 aromatic carbocycles. The number of aromatic nitrogens is 4. The summed E-state index contributed by atoms with van der Waals surface area (Å²) in [4.78, 5) is 19.8. The number of allylic oxidation sites excluding steroid dienone is 7. The van der Waals surface area contributed by atoms with Crippen molar-refractivity contribution >= 4 is 78.6 Å². The lowest BCUT2D eigenvalue weighted by molar-refractivity contribution is 1.07. The highest BCUT2D eigenvalue weighted by Crippen LogP contribution is 2.33. The number of thiazole rings is 1. The van der Waals surface area contributed by atoms with Crippen LogP contribution in [0.3, 0.4) is 0 Å². The van der Waals surface area contributed by atoms with E-state index >= 15 is 0 Å². The summed E-state index contributed by atoms with van der Waals surface area (Å²) in [6.45, 7) is 25.2. The lowest BCUT2D eigenvalue weighted by Crippen LogP contribution is -2.31. The van der Waals surface area contributed by atoms with Crippen LogP contribution in [-0.4, -0.2) is 34.5 Å². The highest BCUT2D eigenvalue weighted by molar-refractivity contribution is 7.19. The van der Waals surface area contributed by atoms with Crippen LogP contribution in [0, 0.1) is 0 Å². The minimum Gasteiger partial charge on any atom is -0.236 e. The molecular weight excluding hydrogens is 710 g/mol. The van der Waals surface area contributed by atoms with E-state index in [0.717, 1.165) is 81.3 Å². The van der Waals surface area contributed by atoms with Gasteiger partial charge in [0.2, 0.25) is 0 Å². The number of rotatable bonds is 14. The van der Waals surface area contributed by atoms with Gasteiger partial charge >= 0.3 is 0 Å². The summed E-state index contributed by atoms with van der Waals surface area (Å²) in [6, 6.07) is 26.2. The number of hydrogen-bond acceptors (Lipinski definition) is 5. The van der Waals surface area contributed by atoms with E-state index in [0.29, 0.717) is 17.5 Å². The Bertz CT molecular complexity index is 2680. The van der Waals surface area contributed by atoms with Crippen molar-refractivity contribution in [3.63, 3.8) is 0 Å². The molecule has 0 bridgehead atoms. The van der Waals surface area contributed by atoms with Crippen LogP contribution in [-0.2, 0) is 0 Å². The van der Waals surface area contributed by atoms with Crippen LogP contribution in [0.25, 0.3) is 86.9 Å². The number of fused-ring (bicyclic) bond motifs is 1. The van der Waals surface area contributed by atoms with Gasteiger partial charge in [0.1, 0.15) is 19.6 Å². The van der Waals surface area contributed by atoms with E-state index in [9.17, 15) is 0 Å². The number of benzene rings is 4. The SMILES string of the molecule is C=C\C=C(/C=C(C)/C(/C=c1/c(C=C)c(/C=C\[B]C)c(C=C)c(/C=C\[B]C)c1=C)=C/C)c1nc2ccc(-c3nc(-c4ccccc4)nc(-c4ccccc4)n3)cc2s1. The standard InChI is InChI=1S/C50H44B2N4S/c1-9-19-39(30-33(5)35(10-2)31-44-34(6)42(26-28-51-7)40(11-3)43(27-29-52-8)41(44)12-4)50-53-45-25-24-38(32-46(45)57-50)49-55-47(36-20-15-13-16-21-36)54-48(56-49)37-22-17-14-18-23-37/h9-32H,1,3-4,6H2,2,5,7-8H3/b28-26-,29-27-,33-30+,35-10+,39-19+,44-31+. The Morgan fingerprint density at radius 1 is 0.684 bits per heavy atom. The Hall–Kier alpha value is -6.43. The number of nitrogens with zero attached hydrogens (tertiary/aromatic N) is 4. The van der Waals surface area contributed by atoms with Gasteiger partial charge in [-0.15, -0.1) is 23.3 Å². The van der Waals surface area contributed by atoms with Crippen molar-refractivity contribution in [2.45, 2.75) is 27.5 Å². The molecule has 0 N–H and O–H groups in total. The predicted molar refractivity (Wildman–Crippen MR) is 252 cm³/mol. The van der Waals surface area contributed by atoms with Gasteiger partial charge in [-0.3, -0.25) is 0 Å². The average molecular weight is 755 g/mol. The maximum atomic E-state index is 5.08. The lowest BCUT2D eigenvalue weighted by Gasteiger charge is -2.14. The first-order valence-electron chi connectivity index (χ1n) is 18.9. The highest BCUT2D eigenvalue weighted by Gasteiger charge is 2.16. The molecule has 2 radical (unpaired) electrons. The molecule has 57 heavy (non-hydrogen) atoms. The summed E-state index contributed by atoms with van der Waals surface area (Å²) < 4.78 is 1.03. The molecule has 0 amide bonds. The molecule has 0 spiro atoms. The van der Waals surface area contributed by atoms with Crippen LogP contribution in [0.5, 0.6) is 0 Å².